The largest absolute Gasteiger partial charge is 0.294 e. The van der Waals surface area contributed by atoms with Crippen LogP contribution in [0.5, 0.6) is 0 Å². The van der Waals surface area contributed by atoms with Crippen molar-refractivity contribution in [2.45, 2.75) is 38.5 Å². The number of Topliss-reactive ketones (excluding diaryl/α,β-unsaturated/α-hetero) is 1. The first-order valence-corrected chi connectivity index (χ1v) is 6.46. The minimum atomic E-state index is 0.208. The van der Waals surface area contributed by atoms with Crippen molar-refractivity contribution in [3.05, 3.63) is 40.7 Å². The fraction of sp³-hybridized carbons (Fsp3) is 0.429. The molecular formula is C14H16ClNO. The Morgan fingerprint density at radius 3 is 3.06 bits per heavy atom. The summed E-state index contributed by atoms with van der Waals surface area (Å²) in [6.07, 6.45) is 11.3. The van der Waals surface area contributed by atoms with Gasteiger partial charge in [0.05, 0.1) is 5.02 Å². The molecule has 90 valence electrons. The van der Waals surface area contributed by atoms with Gasteiger partial charge in [-0.3, -0.25) is 9.78 Å². The van der Waals surface area contributed by atoms with E-state index < -0.39 is 0 Å². The number of ketones is 1. The molecule has 0 aliphatic heterocycles. The Kier molecular flexibility index (Phi) is 4.32. The van der Waals surface area contributed by atoms with Crippen molar-refractivity contribution in [3.63, 3.8) is 0 Å². The molecular weight excluding hydrogens is 234 g/mol. The lowest BCUT2D eigenvalue weighted by Gasteiger charge is -2.05. The van der Waals surface area contributed by atoms with Crippen LogP contribution in [0, 0.1) is 0 Å². The molecule has 0 aromatic carbocycles. The van der Waals surface area contributed by atoms with E-state index in [1.54, 1.807) is 12.4 Å². The van der Waals surface area contributed by atoms with Crippen molar-refractivity contribution >= 4 is 17.4 Å². The van der Waals surface area contributed by atoms with Gasteiger partial charge in [0.1, 0.15) is 0 Å². The van der Waals surface area contributed by atoms with Crippen LogP contribution >= 0.6 is 11.6 Å². The number of carbonyl (C=O) groups is 1. The lowest BCUT2D eigenvalue weighted by atomic mass is 10.0. The van der Waals surface area contributed by atoms with Crippen LogP contribution in [0.4, 0.5) is 0 Å². The molecule has 3 heteroatoms. The number of hydrogen-bond donors (Lipinski definition) is 0. The quantitative estimate of drug-likeness (QED) is 0.817. The molecule has 0 fully saturated rings. The lowest BCUT2D eigenvalue weighted by Crippen LogP contribution is -2.07. The second-order valence-electron chi connectivity index (χ2n) is 4.40. The third-order valence-electron chi connectivity index (χ3n) is 3.11. The van der Waals surface area contributed by atoms with E-state index >= 15 is 0 Å². The van der Waals surface area contributed by atoms with Gasteiger partial charge < -0.3 is 0 Å². The zero-order valence-corrected chi connectivity index (χ0v) is 10.5. The number of allylic oxidation sites excluding steroid dienone is 2. The minimum Gasteiger partial charge on any atom is -0.294 e. The molecule has 0 spiro atoms. The van der Waals surface area contributed by atoms with Gasteiger partial charge in [0, 0.05) is 18.8 Å². The molecule has 0 unspecified atom stereocenters. The zero-order valence-electron chi connectivity index (χ0n) is 9.79. The van der Waals surface area contributed by atoms with E-state index in [0.717, 1.165) is 30.4 Å². The summed E-state index contributed by atoms with van der Waals surface area (Å²) in [5, 5.41) is 0.579. The van der Waals surface area contributed by atoms with Gasteiger partial charge in [-0.1, -0.05) is 24.1 Å². The smallest absolute Gasteiger partial charge is 0.162 e. The van der Waals surface area contributed by atoms with Crippen LogP contribution < -0.4 is 0 Å². The molecule has 0 bridgehead atoms. The first-order valence-electron chi connectivity index (χ1n) is 6.08. The van der Waals surface area contributed by atoms with Gasteiger partial charge in [0.25, 0.3) is 0 Å². The molecule has 17 heavy (non-hydrogen) atoms. The van der Waals surface area contributed by atoms with Gasteiger partial charge >= 0.3 is 0 Å². The van der Waals surface area contributed by atoms with E-state index in [1.807, 2.05) is 6.07 Å². The molecule has 1 heterocycles. The Labute approximate surface area is 107 Å². The highest BCUT2D eigenvalue weighted by molar-refractivity contribution is 6.31. The van der Waals surface area contributed by atoms with Gasteiger partial charge in [-0.2, -0.15) is 0 Å². The van der Waals surface area contributed by atoms with Crippen molar-refractivity contribution in [1.82, 2.24) is 4.98 Å². The van der Waals surface area contributed by atoms with E-state index in [1.165, 1.54) is 12.8 Å². The number of halogens is 1. The lowest BCUT2D eigenvalue weighted by molar-refractivity contribution is -0.115. The minimum absolute atomic E-state index is 0.208. The first-order chi connectivity index (χ1) is 8.27. The summed E-state index contributed by atoms with van der Waals surface area (Å²) in [6, 6.07) is 1.82. The van der Waals surface area contributed by atoms with E-state index in [-0.39, 0.29) is 5.78 Å². The molecule has 1 aliphatic carbocycles. The predicted octanol–water partition coefficient (Wildman–Crippen LogP) is 3.74. The van der Waals surface area contributed by atoms with Crippen LogP contribution in [0.25, 0.3) is 0 Å². The number of pyridine rings is 1. The molecule has 0 N–H and O–H groups in total. The Hall–Kier alpha value is -1.15. The molecule has 0 amide bonds. The summed E-state index contributed by atoms with van der Waals surface area (Å²) in [6.45, 7) is 0. The van der Waals surface area contributed by atoms with Crippen molar-refractivity contribution in [1.29, 1.82) is 0 Å². The molecule has 2 nitrogen and oxygen atoms in total. The van der Waals surface area contributed by atoms with Gasteiger partial charge in [0.15, 0.2) is 5.78 Å². The standard InChI is InChI=1S/C14H16ClNO/c15-13-10-16-8-7-12(13)9-14(17)11-5-3-1-2-4-6-11/h5,7-8,10H,1-4,6,9H2. The van der Waals surface area contributed by atoms with E-state index in [2.05, 4.69) is 11.1 Å². The van der Waals surface area contributed by atoms with Crippen LogP contribution in [-0.4, -0.2) is 10.8 Å². The number of carbonyl (C=O) groups excluding carboxylic acids is 1. The summed E-state index contributed by atoms with van der Waals surface area (Å²) >= 11 is 6.01. The van der Waals surface area contributed by atoms with Crippen LogP contribution in [0.1, 0.15) is 37.7 Å². The Morgan fingerprint density at radius 2 is 2.24 bits per heavy atom. The number of nitrogens with zero attached hydrogens (tertiary/aromatic N) is 1. The number of hydrogen-bond acceptors (Lipinski definition) is 2. The van der Waals surface area contributed by atoms with Gasteiger partial charge in [0.2, 0.25) is 0 Å². The summed E-state index contributed by atoms with van der Waals surface area (Å²) in [7, 11) is 0. The highest BCUT2D eigenvalue weighted by Crippen LogP contribution is 2.21. The summed E-state index contributed by atoms with van der Waals surface area (Å²) in [4.78, 5) is 16.0. The van der Waals surface area contributed by atoms with E-state index in [4.69, 9.17) is 11.6 Å². The van der Waals surface area contributed by atoms with Gasteiger partial charge in [-0.05, 0) is 42.9 Å². The van der Waals surface area contributed by atoms with Crippen molar-refractivity contribution < 1.29 is 4.79 Å². The van der Waals surface area contributed by atoms with Gasteiger partial charge in [-0.15, -0.1) is 0 Å². The molecule has 1 aliphatic rings. The normalized spacial score (nSPS) is 16.2. The average Bonchev–Trinajstić information content (AvgIpc) is 2.61. The maximum atomic E-state index is 12.1. The molecule has 2 rings (SSSR count). The molecule has 0 saturated heterocycles. The van der Waals surface area contributed by atoms with Crippen molar-refractivity contribution in [2.75, 3.05) is 0 Å². The highest BCUT2D eigenvalue weighted by Gasteiger charge is 2.13. The van der Waals surface area contributed by atoms with E-state index in [9.17, 15) is 4.79 Å². The third kappa shape index (κ3) is 3.40. The Morgan fingerprint density at radius 1 is 1.35 bits per heavy atom. The van der Waals surface area contributed by atoms with Gasteiger partial charge in [-0.25, -0.2) is 0 Å². The van der Waals surface area contributed by atoms with Crippen LogP contribution in [0.3, 0.4) is 0 Å². The molecule has 0 radical (unpaired) electrons. The zero-order chi connectivity index (χ0) is 12.1. The fourth-order valence-corrected chi connectivity index (χ4v) is 2.29. The fourth-order valence-electron chi connectivity index (χ4n) is 2.10. The van der Waals surface area contributed by atoms with E-state index in [0.29, 0.717) is 11.4 Å². The van der Waals surface area contributed by atoms with Crippen molar-refractivity contribution in [3.8, 4) is 0 Å². The second kappa shape index (κ2) is 5.97. The predicted molar refractivity (Wildman–Crippen MR) is 69.1 cm³/mol. The molecule has 1 aromatic rings. The maximum absolute atomic E-state index is 12.1. The van der Waals surface area contributed by atoms with Crippen LogP contribution in [-0.2, 0) is 11.2 Å². The first kappa shape index (κ1) is 12.3. The molecule has 1 aromatic heterocycles. The number of rotatable bonds is 3. The summed E-state index contributed by atoms with van der Waals surface area (Å²) in [5.74, 6) is 0.208. The highest BCUT2D eigenvalue weighted by atomic mass is 35.5. The maximum Gasteiger partial charge on any atom is 0.162 e. The summed E-state index contributed by atoms with van der Waals surface area (Å²) in [5.41, 5.74) is 1.85. The third-order valence-corrected chi connectivity index (χ3v) is 3.45. The molecule has 0 saturated carbocycles. The Balaban J connectivity index is 2.06. The molecule has 0 atom stereocenters. The Bertz CT molecular complexity index is 440. The monoisotopic (exact) mass is 249 g/mol. The summed E-state index contributed by atoms with van der Waals surface area (Å²) < 4.78 is 0. The number of aromatic nitrogens is 1. The SMILES string of the molecule is O=C(Cc1ccncc1Cl)C1=CCCCCC1. The van der Waals surface area contributed by atoms with Crippen LogP contribution in [0.15, 0.2) is 30.1 Å². The topological polar surface area (TPSA) is 30.0 Å². The van der Waals surface area contributed by atoms with Crippen LogP contribution in [0.2, 0.25) is 5.02 Å². The average molecular weight is 250 g/mol. The second-order valence-corrected chi connectivity index (χ2v) is 4.80. The van der Waals surface area contributed by atoms with Crippen molar-refractivity contribution in [2.24, 2.45) is 0 Å².